The van der Waals surface area contributed by atoms with E-state index in [4.69, 9.17) is 11.6 Å². The van der Waals surface area contributed by atoms with Crippen molar-refractivity contribution >= 4 is 33.2 Å². The smallest absolute Gasteiger partial charge is 0.268 e. The highest BCUT2D eigenvalue weighted by Crippen LogP contribution is 2.13. The Bertz CT molecular complexity index is 756. The van der Waals surface area contributed by atoms with Crippen LogP contribution in [0.25, 0.3) is 0 Å². The maximum absolute atomic E-state index is 11.8. The molecule has 0 atom stereocenters. The fourth-order valence-corrected chi connectivity index (χ4v) is 2.45. The van der Waals surface area contributed by atoms with Gasteiger partial charge in [-0.3, -0.25) is 9.52 Å². The van der Waals surface area contributed by atoms with E-state index in [0.717, 1.165) is 11.8 Å². The average molecular weight is 328 g/mol. The van der Waals surface area contributed by atoms with E-state index in [-0.39, 0.29) is 12.5 Å². The second-order valence-electron chi connectivity index (χ2n) is 4.49. The Hall–Kier alpha value is -1.99. The first-order valence-corrected chi connectivity index (χ1v) is 8.29. The van der Waals surface area contributed by atoms with Crippen LogP contribution < -0.4 is 10.0 Å². The molecular formula is C13H14ClN3O3S. The fraction of sp³-hybridized carbons (Fsp3) is 0.154. The van der Waals surface area contributed by atoms with Crippen LogP contribution in [-0.2, 0) is 16.6 Å². The van der Waals surface area contributed by atoms with Crippen molar-refractivity contribution in [3.63, 3.8) is 0 Å². The largest absolute Gasteiger partial charge is 0.356 e. The first-order valence-electron chi connectivity index (χ1n) is 6.02. The lowest BCUT2D eigenvalue weighted by molar-refractivity contribution is 0.0946. The van der Waals surface area contributed by atoms with Gasteiger partial charge in [-0.1, -0.05) is 23.7 Å². The van der Waals surface area contributed by atoms with Crippen LogP contribution in [0.15, 0.2) is 36.5 Å². The molecule has 0 spiro atoms. The molecule has 1 aromatic heterocycles. The summed E-state index contributed by atoms with van der Waals surface area (Å²) in [5.74, 6) is -0.289. The van der Waals surface area contributed by atoms with Gasteiger partial charge in [0.05, 0.1) is 11.3 Å². The topological polar surface area (TPSA) is 91.1 Å². The quantitative estimate of drug-likeness (QED) is 0.784. The number of carbonyl (C=O) groups excluding carboxylic acids is 1. The summed E-state index contributed by atoms with van der Waals surface area (Å²) < 4.78 is 24.7. The van der Waals surface area contributed by atoms with Crippen LogP contribution in [0.4, 0.5) is 5.69 Å². The molecular weight excluding hydrogens is 314 g/mol. The van der Waals surface area contributed by atoms with E-state index < -0.39 is 10.0 Å². The number of nitrogens with one attached hydrogen (secondary N) is 3. The third-order valence-corrected chi connectivity index (χ3v) is 3.40. The van der Waals surface area contributed by atoms with E-state index in [1.807, 2.05) is 0 Å². The van der Waals surface area contributed by atoms with Crippen LogP contribution in [0.3, 0.4) is 0 Å². The Labute approximate surface area is 127 Å². The fourth-order valence-electron chi connectivity index (χ4n) is 1.74. The van der Waals surface area contributed by atoms with E-state index in [1.165, 1.54) is 12.3 Å². The normalized spacial score (nSPS) is 11.1. The maximum atomic E-state index is 11.8. The molecule has 2 rings (SSSR count). The van der Waals surface area contributed by atoms with Gasteiger partial charge in [-0.2, -0.15) is 0 Å². The van der Waals surface area contributed by atoms with Crippen LogP contribution in [0.5, 0.6) is 0 Å². The zero-order chi connectivity index (χ0) is 15.5. The number of hydrogen-bond acceptors (Lipinski definition) is 3. The lowest BCUT2D eigenvalue weighted by Crippen LogP contribution is -2.23. The summed E-state index contributed by atoms with van der Waals surface area (Å²) in [5, 5.41) is 3.17. The zero-order valence-electron chi connectivity index (χ0n) is 11.2. The third-order valence-electron chi connectivity index (χ3n) is 2.58. The van der Waals surface area contributed by atoms with Gasteiger partial charge in [0.1, 0.15) is 5.69 Å². The summed E-state index contributed by atoms with van der Waals surface area (Å²) in [4.78, 5) is 14.6. The molecule has 2 aromatic rings. The molecule has 1 amide bonds. The van der Waals surface area contributed by atoms with E-state index in [2.05, 4.69) is 15.0 Å². The number of aromatic amines is 1. The maximum Gasteiger partial charge on any atom is 0.268 e. The van der Waals surface area contributed by atoms with Gasteiger partial charge in [-0.05, 0) is 23.8 Å². The number of amides is 1. The molecule has 3 N–H and O–H groups in total. The number of aromatic nitrogens is 1. The predicted octanol–water partition coefficient (Wildman–Crippen LogP) is 1.97. The van der Waals surface area contributed by atoms with Crippen molar-refractivity contribution in [1.82, 2.24) is 10.3 Å². The Balaban J connectivity index is 2.00. The monoisotopic (exact) mass is 327 g/mol. The van der Waals surface area contributed by atoms with Gasteiger partial charge in [0, 0.05) is 18.4 Å². The number of anilines is 1. The molecule has 21 heavy (non-hydrogen) atoms. The highest BCUT2D eigenvalue weighted by Gasteiger charge is 2.08. The summed E-state index contributed by atoms with van der Waals surface area (Å²) in [7, 11) is -3.32. The first kappa shape index (κ1) is 15.4. The molecule has 0 fully saturated rings. The minimum absolute atomic E-state index is 0.273. The van der Waals surface area contributed by atoms with Crippen LogP contribution in [-0.4, -0.2) is 25.6 Å². The molecule has 0 radical (unpaired) electrons. The SMILES string of the molecule is CS(=O)(=O)Nc1cccc(CNC(=O)c2cc(Cl)c[nH]2)c1. The Kier molecular flexibility index (Phi) is 4.54. The molecule has 0 saturated heterocycles. The molecule has 0 bridgehead atoms. The molecule has 0 aliphatic rings. The van der Waals surface area contributed by atoms with Gasteiger partial charge in [-0.15, -0.1) is 0 Å². The lowest BCUT2D eigenvalue weighted by atomic mass is 10.2. The molecule has 0 aliphatic carbocycles. The number of sulfonamides is 1. The van der Waals surface area contributed by atoms with Gasteiger partial charge in [0.2, 0.25) is 10.0 Å². The summed E-state index contributed by atoms with van der Waals surface area (Å²) in [5.41, 5.74) is 1.59. The van der Waals surface area contributed by atoms with Crippen molar-refractivity contribution in [2.45, 2.75) is 6.54 Å². The van der Waals surface area contributed by atoms with Crippen LogP contribution >= 0.6 is 11.6 Å². The predicted molar refractivity (Wildman–Crippen MR) is 81.9 cm³/mol. The molecule has 112 valence electrons. The van der Waals surface area contributed by atoms with Crippen molar-refractivity contribution in [1.29, 1.82) is 0 Å². The molecule has 8 heteroatoms. The highest BCUT2D eigenvalue weighted by atomic mass is 35.5. The molecule has 0 aliphatic heterocycles. The number of rotatable bonds is 5. The van der Waals surface area contributed by atoms with E-state index >= 15 is 0 Å². The lowest BCUT2D eigenvalue weighted by Gasteiger charge is -2.07. The molecule has 6 nitrogen and oxygen atoms in total. The van der Waals surface area contributed by atoms with E-state index in [0.29, 0.717) is 16.4 Å². The van der Waals surface area contributed by atoms with E-state index in [1.54, 1.807) is 24.3 Å². The van der Waals surface area contributed by atoms with Crippen molar-refractivity contribution in [2.24, 2.45) is 0 Å². The number of H-pyrrole nitrogens is 1. The number of hydrogen-bond donors (Lipinski definition) is 3. The highest BCUT2D eigenvalue weighted by molar-refractivity contribution is 7.92. The van der Waals surface area contributed by atoms with Gasteiger partial charge in [0.15, 0.2) is 0 Å². The van der Waals surface area contributed by atoms with Crippen LogP contribution in [0, 0.1) is 0 Å². The van der Waals surface area contributed by atoms with E-state index in [9.17, 15) is 13.2 Å². The van der Waals surface area contributed by atoms with Gasteiger partial charge in [-0.25, -0.2) is 8.42 Å². The van der Waals surface area contributed by atoms with Crippen molar-refractivity contribution in [3.8, 4) is 0 Å². The number of benzene rings is 1. The molecule has 1 heterocycles. The minimum atomic E-state index is -3.32. The summed E-state index contributed by atoms with van der Waals surface area (Å²) >= 11 is 5.73. The second-order valence-corrected chi connectivity index (χ2v) is 6.67. The van der Waals surface area contributed by atoms with Crippen LogP contribution in [0.1, 0.15) is 16.1 Å². The number of carbonyl (C=O) groups is 1. The minimum Gasteiger partial charge on any atom is -0.356 e. The molecule has 0 saturated carbocycles. The van der Waals surface area contributed by atoms with Crippen molar-refractivity contribution in [2.75, 3.05) is 11.0 Å². The average Bonchev–Trinajstić information content (AvgIpc) is 2.81. The van der Waals surface area contributed by atoms with Gasteiger partial charge >= 0.3 is 0 Å². The Morgan fingerprint density at radius 1 is 1.33 bits per heavy atom. The third kappa shape index (κ3) is 4.80. The number of halogens is 1. The zero-order valence-corrected chi connectivity index (χ0v) is 12.8. The Morgan fingerprint density at radius 3 is 2.71 bits per heavy atom. The van der Waals surface area contributed by atoms with Gasteiger partial charge < -0.3 is 10.3 Å². The van der Waals surface area contributed by atoms with Crippen molar-refractivity contribution in [3.05, 3.63) is 52.8 Å². The standard InChI is InChI=1S/C13H14ClN3O3S/c1-21(19,20)17-11-4-2-3-9(5-11)7-16-13(18)12-6-10(14)8-15-12/h2-6,8,15,17H,7H2,1H3,(H,16,18). The summed E-state index contributed by atoms with van der Waals surface area (Å²) in [6.07, 6.45) is 2.60. The van der Waals surface area contributed by atoms with Crippen molar-refractivity contribution < 1.29 is 13.2 Å². The second kappa shape index (κ2) is 6.19. The molecule has 1 aromatic carbocycles. The van der Waals surface area contributed by atoms with Gasteiger partial charge in [0.25, 0.3) is 5.91 Å². The van der Waals surface area contributed by atoms with Crippen LogP contribution in [0.2, 0.25) is 5.02 Å². The summed E-state index contributed by atoms with van der Waals surface area (Å²) in [6, 6.07) is 8.31. The molecule has 0 unspecified atom stereocenters. The summed E-state index contributed by atoms with van der Waals surface area (Å²) in [6.45, 7) is 0.273. The Morgan fingerprint density at radius 2 is 2.10 bits per heavy atom. The first-order chi connectivity index (χ1) is 9.83.